The van der Waals surface area contributed by atoms with Gasteiger partial charge in [-0.25, -0.2) is 13.2 Å². The number of nitrogens with zero attached hydrogens (tertiary/aromatic N) is 1. The molecule has 9 nitrogen and oxygen atoms in total. The van der Waals surface area contributed by atoms with Crippen molar-refractivity contribution in [3.8, 4) is 0 Å². The number of aryl methyl sites for hydroxylation is 1. The highest BCUT2D eigenvalue weighted by molar-refractivity contribution is 7.92. The van der Waals surface area contributed by atoms with Crippen LogP contribution in [0.3, 0.4) is 0 Å². The summed E-state index contributed by atoms with van der Waals surface area (Å²) < 4.78 is 60.6. The molecule has 1 fully saturated rings. The Labute approximate surface area is 207 Å². The number of rotatable bonds is 6. The predicted octanol–water partition coefficient (Wildman–Crippen LogP) is 2.98. The van der Waals surface area contributed by atoms with Crippen LogP contribution < -0.4 is 20.3 Å². The Balaban J connectivity index is 0.000000572. The summed E-state index contributed by atoms with van der Waals surface area (Å²) in [6, 6.07) is 12.0. The summed E-state index contributed by atoms with van der Waals surface area (Å²) in [7, 11) is -3.79. The van der Waals surface area contributed by atoms with Crippen LogP contribution in [0, 0.1) is 6.92 Å². The number of carboxylic acid groups (broad SMARTS) is 1. The average Bonchev–Trinajstić information content (AvgIpc) is 2.79. The highest BCUT2D eigenvalue weighted by Crippen LogP contribution is 2.30. The van der Waals surface area contributed by atoms with Gasteiger partial charge in [-0.3, -0.25) is 9.52 Å². The number of carbonyl (C=O) groups excluding carboxylic acids is 1. The minimum Gasteiger partial charge on any atom is -0.475 e. The van der Waals surface area contributed by atoms with E-state index in [0.717, 1.165) is 31.9 Å². The zero-order valence-corrected chi connectivity index (χ0v) is 20.8. The summed E-state index contributed by atoms with van der Waals surface area (Å²) in [6.45, 7) is 8.69. The quantitative estimate of drug-likeness (QED) is 0.452. The number of nitrogens with one attached hydrogen (secondary N) is 3. The number of carbonyl (C=O) groups is 2. The molecular formula is C23H29F3N4O5S. The number of alkyl halides is 3. The molecule has 198 valence electrons. The molecule has 4 N–H and O–H groups in total. The molecule has 1 aliphatic heterocycles. The number of sulfonamides is 1. The van der Waals surface area contributed by atoms with Crippen LogP contribution in [0.15, 0.2) is 47.4 Å². The number of hydrogen-bond donors (Lipinski definition) is 4. The monoisotopic (exact) mass is 530 g/mol. The number of benzene rings is 2. The van der Waals surface area contributed by atoms with E-state index in [0.29, 0.717) is 16.8 Å². The molecule has 0 atom stereocenters. The van der Waals surface area contributed by atoms with E-state index in [1.807, 2.05) is 19.9 Å². The Kier molecular flexibility index (Phi) is 9.70. The van der Waals surface area contributed by atoms with Gasteiger partial charge in [-0.15, -0.1) is 0 Å². The molecule has 0 bridgehead atoms. The number of aliphatic carboxylic acids is 1. The van der Waals surface area contributed by atoms with Crippen LogP contribution in [0.5, 0.6) is 0 Å². The molecule has 1 saturated heterocycles. The van der Waals surface area contributed by atoms with E-state index in [4.69, 9.17) is 9.90 Å². The van der Waals surface area contributed by atoms with Gasteiger partial charge >= 0.3 is 12.1 Å². The lowest BCUT2D eigenvalue weighted by Gasteiger charge is -2.31. The fourth-order valence-corrected chi connectivity index (χ4v) is 4.66. The van der Waals surface area contributed by atoms with Crippen molar-refractivity contribution in [1.82, 2.24) is 10.6 Å². The zero-order chi connectivity index (χ0) is 27.1. The van der Waals surface area contributed by atoms with Gasteiger partial charge in [0, 0.05) is 37.8 Å². The molecule has 0 unspecified atom stereocenters. The summed E-state index contributed by atoms with van der Waals surface area (Å²) in [5.41, 5.74) is 2.26. The van der Waals surface area contributed by atoms with Gasteiger partial charge in [-0.05, 0) is 50.6 Å². The molecule has 0 saturated carbocycles. The Morgan fingerprint density at radius 1 is 1.08 bits per heavy atom. The van der Waals surface area contributed by atoms with Crippen LogP contribution >= 0.6 is 0 Å². The topological polar surface area (TPSA) is 128 Å². The molecule has 3 rings (SSSR count). The maximum Gasteiger partial charge on any atom is 0.490 e. The number of hydrogen-bond acceptors (Lipinski definition) is 6. The summed E-state index contributed by atoms with van der Waals surface area (Å²) in [4.78, 5) is 23.7. The van der Waals surface area contributed by atoms with E-state index in [1.165, 1.54) is 0 Å². The summed E-state index contributed by atoms with van der Waals surface area (Å²) in [5, 5.41) is 13.3. The molecule has 1 aliphatic rings. The molecule has 0 aliphatic carbocycles. The first-order chi connectivity index (χ1) is 16.7. The molecule has 0 spiro atoms. The molecule has 2 aromatic carbocycles. The first-order valence-electron chi connectivity index (χ1n) is 11.0. The van der Waals surface area contributed by atoms with Crippen LogP contribution in [0.4, 0.5) is 24.5 Å². The summed E-state index contributed by atoms with van der Waals surface area (Å²) in [6.07, 6.45) is -5.08. The van der Waals surface area contributed by atoms with Gasteiger partial charge in [0.05, 0.1) is 16.3 Å². The molecular weight excluding hydrogens is 501 g/mol. The van der Waals surface area contributed by atoms with E-state index in [9.17, 15) is 26.4 Å². The third kappa shape index (κ3) is 8.12. The minimum absolute atomic E-state index is 0.0116. The molecule has 0 radical (unpaired) electrons. The van der Waals surface area contributed by atoms with E-state index in [-0.39, 0.29) is 16.8 Å². The second-order valence-electron chi connectivity index (χ2n) is 8.27. The van der Waals surface area contributed by atoms with Crippen LogP contribution in [-0.4, -0.2) is 63.8 Å². The highest BCUT2D eigenvalue weighted by Gasteiger charge is 2.38. The van der Waals surface area contributed by atoms with Crippen molar-refractivity contribution in [2.75, 3.05) is 35.8 Å². The fourth-order valence-electron chi connectivity index (χ4n) is 3.34. The van der Waals surface area contributed by atoms with Crippen molar-refractivity contribution in [3.63, 3.8) is 0 Å². The van der Waals surface area contributed by atoms with Crippen molar-refractivity contribution in [2.45, 2.75) is 37.9 Å². The number of carboxylic acids is 1. The van der Waals surface area contributed by atoms with E-state index in [1.54, 1.807) is 43.3 Å². The number of halogens is 3. The van der Waals surface area contributed by atoms with Gasteiger partial charge in [0.25, 0.3) is 15.9 Å². The Morgan fingerprint density at radius 3 is 2.19 bits per heavy atom. The maximum absolute atomic E-state index is 13.1. The predicted molar refractivity (Wildman–Crippen MR) is 130 cm³/mol. The van der Waals surface area contributed by atoms with Gasteiger partial charge in [-0.2, -0.15) is 13.2 Å². The van der Waals surface area contributed by atoms with E-state index >= 15 is 0 Å². The average molecular weight is 531 g/mol. The molecule has 0 aromatic heterocycles. The minimum atomic E-state index is -5.08. The second-order valence-corrected chi connectivity index (χ2v) is 9.92. The van der Waals surface area contributed by atoms with Gasteiger partial charge in [0.15, 0.2) is 0 Å². The first kappa shape index (κ1) is 28.9. The van der Waals surface area contributed by atoms with Crippen LogP contribution in [0.2, 0.25) is 0 Å². The third-order valence-electron chi connectivity index (χ3n) is 5.01. The first-order valence-corrected chi connectivity index (χ1v) is 12.5. The molecule has 2 aromatic rings. The van der Waals surface area contributed by atoms with Gasteiger partial charge in [-0.1, -0.05) is 18.2 Å². The lowest BCUT2D eigenvalue weighted by Crippen LogP contribution is -2.43. The van der Waals surface area contributed by atoms with Crippen molar-refractivity contribution in [2.24, 2.45) is 0 Å². The van der Waals surface area contributed by atoms with E-state index in [2.05, 4.69) is 20.3 Å². The third-order valence-corrected chi connectivity index (χ3v) is 6.53. The van der Waals surface area contributed by atoms with Gasteiger partial charge in [0.2, 0.25) is 0 Å². The highest BCUT2D eigenvalue weighted by atomic mass is 32.2. The lowest BCUT2D eigenvalue weighted by molar-refractivity contribution is -0.192. The molecule has 1 heterocycles. The second kappa shape index (κ2) is 12.1. The number of piperazine rings is 1. The standard InChI is InChI=1S/C21H28N4O3S.C2HF3O2/c1-15(2)23-21(26)17-8-9-19(25-12-10-22-11-13-25)18(14-17)24-29(27,28)20-7-5-4-6-16(20)3;3-2(4,5)1(6)7/h4-9,14-15,22,24H,10-13H2,1-3H3,(H,23,26);(H,6,7). The van der Waals surface area contributed by atoms with E-state index < -0.39 is 22.2 Å². The van der Waals surface area contributed by atoms with Crippen LogP contribution in [0.25, 0.3) is 0 Å². The smallest absolute Gasteiger partial charge is 0.475 e. The van der Waals surface area contributed by atoms with Crippen LogP contribution in [0.1, 0.15) is 29.8 Å². The fraction of sp³-hybridized carbons (Fsp3) is 0.391. The molecule has 1 amide bonds. The number of anilines is 2. The van der Waals surface area contributed by atoms with Gasteiger partial charge in [0.1, 0.15) is 0 Å². The largest absolute Gasteiger partial charge is 0.490 e. The maximum atomic E-state index is 13.1. The van der Waals surface area contributed by atoms with Crippen molar-refractivity contribution in [3.05, 3.63) is 53.6 Å². The van der Waals surface area contributed by atoms with Crippen molar-refractivity contribution in [1.29, 1.82) is 0 Å². The Hall–Kier alpha value is -3.32. The summed E-state index contributed by atoms with van der Waals surface area (Å²) >= 11 is 0. The van der Waals surface area contributed by atoms with Crippen molar-refractivity contribution >= 4 is 33.3 Å². The zero-order valence-electron chi connectivity index (χ0n) is 20.0. The lowest BCUT2D eigenvalue weighted by atomic mass is 10.1. The molecule has 13 heteroatoms. The van der Waals surface area contributed by atoms with Crippen LogP contribution in [-0.2, 0) is 14.8 Å². The normalized spacial score (nSPS) is 14.0. The summed E-state index contributed by atoms with van der Waals surface area (Å²) in [5.74, 6) is -2.99. The van der Waals surface area contributed by atoms with Gasteiger partial charge < -0.3 is 20.6 Å². The number of amides is 1. The SMILES string of the molecule is Cc1ccccc1S(=O)(=O)Nc1cc(C(=O)NC(C)C)ccc1N1CCNCC1.O=C(O)C(F)(F)F. The Bertz CT molecular complexity index is 1180. The van der Waals surface area contributed by atoms with Crippen molar-refractivity contribution < 1.29 is 36.3 Å². The molecule has 36 heavy (non-hydrogen) atoms. The Morgan fingerprint density at radius 2 is 1.67 bits per heavy atom.